The number of fused-ring (bicyclic) bond motifs is 1. The van der Waals surface area contributed by atoms with Gasteiger partial charge in [-0.05, 0) is 50.6 Å². The lowest BCUT2D eigenvalue weighted by Crippen LogP contribution is -2.27. The average Bonchev–Trinajstić information content (AvgIpc) is 3.15. The Hall–Kier alpha value is -3.74. The van der Waals surface area contributed by atoms with Crippen molar-refractivity contribution in [2.45, 2.75) is 26.8 Å². The molecule has 152 valence electrons. The minimum absolute atomic E-state index is 0.203. The predicted molar refractivity (Wildman–Crippen MR) is 115 cm³/mol. The van der Waals surface area contributed by atoms with E-state index in [1.54, 1.807) is 17.1 Å². The number of benzene rings is 2. The fraction of sp³-hybridized carbons (Fsp3) is 0.217. The third-order valence-electron chi connectivity index (χ3n) is 5.01. The van der Waals surface area contributed by atoms with E-state index in [0.29, 0.717) is 18.0 Å². The average molecular weight is 401 g/mol. The summed E-state index contributed by atoms with van der Waals surface area (Å²) < 4.78 is 7.24. The summed E-state index contributed by atoms with van der Waals surface area (Å²) in [6.07, 6.45) is 3.54. The van der Waals surface area contributed by atoms with Crippen LogP contribution in [0.1, 0.15) is 41.6 Å². The predicted octanol–water partition coefficient (Wildman–Crippen LogP) is 4.01. The molecule has 0 spiro atoms. The van der Waals surface area contributed by atoms with Crippen molar-refractivity contribution in [2.75, 3.05) is 6.61 Å². The Bertz CT molecular complexity index is 1200. The molecule has 2 heterocycles. The monoisotopic (exact) mass is 401 g/mol. The van der Waals surface area contributed by atoms with Gasteiger partial charge in [0.2, 0.25) is 0 Å². The van der Waals surface area contributed by atoms with Gasteiger partial charge in [0, 0.05) is 23.2 Å². The highest BCUT2D eigenvalue weighted by atomic mass is 16.5. The Morgan fingerprint density at radius 2 is 2.03 bits per heavy atom. The normalized spacial score (nSPS) is 12.0. The lowest BCUT2D eigenvalue weighted by Gasteiger charge is -2.15. The van der Waals surface area contributed by atoms with E-state index in [0.717, 1.165) is 27.8 Å². The van der Waals surface area contributed by atoms with Crippen molar-refractivity contribution in [2.24, 2.45) is 0 Å². The number of carbonyl (C=O) groups is 1. The molecule has 4 aromatic rings. The van der Waals surface area contributed by atoms with E-state index in [9.17, 15) is 4.79 Å². The Labute approximate surface area is 174 Å². The van der Waals surface area contributed by atoms with Gasteiger partial charge in [-0.3, -0.25) is 9.78 Å². The largest absolute Gasteiger partial charge is 0.494 e. The summed E-state index contributed by atoms with van der Waals surface area (Å²) in [5.74, 6) is 0.513. The molecular formula is C23H23N5O2. The molecule has 1 amide bonds. The van der Waals surface area contributed by atoms with Crippen molar-refractivity contribution in [1.29, 1.82) is 0 Å². The Kier molecular flexibility index (Phi) is 5.43. The Morgan fingerprint density at radius 1 is 1.20 bits per heavy atom. The third kappa shape index (κ3) is 3.74. The molecule has 0 aliphatic carbocycles. The second-order valence-corrected chi connectivity index (χ2v) is 7.01. The first-order chi connectivity index (χ1) is 14.6. The summed E-state index contributed by atoms with van der Waals surface area (Å²) in [7, 11) is 0. The van der Waals surface area contributed by atoms with Crippen LogP contribution in [-0.4, -0.2) is 32.5 Å². The molecule has 4 rings (SSSR count). The van der Waals surface area contributed by atoms with E-state index in [2.05, 4.69) is 20.6 Å². The zero-order valence-corrected chi connectivity index (χ0v) is 17.2. The Balaban J connectivity index is 1.59. The number of aromatic nitrogens is 4. The molecule has 0 saturated heterocycles. The summed E-state index contributed by atoms with van der Waals surface area (Å²) in [6.45, 7) is 6.31. The number of nitrogens with zero attached hydrogens (tertiary/aromatic N) is 4. The number of carbonyl (C=O) groups excluding carboxylic acids is 1. The maximum Gasteiger partial charge on any atom is 0.274 e. The first-order valence-corrected chi connectivity index (χ1v) is 9.87. The van der Waals surface area contributed by atoms with Crippen molar-refractivity contribution >= 4 is 16.7 Å². The van der Waals surface area contributed by atoms with E-state index in [1.807, 2.05) is 69.3 Å². The SMILES string of the molecule is CCOc1cccc(C(C)NC(=O)c2nnn(-c3cccc4cnccc34)c2C)c1. The third-order valence-corrected chi connectivity index (χ3v) is 5.01. The van der Waals surface area contributed by atoms with Crippen LogP contribution in [0.2, 0.25) is 0 Å². The van der Waals surface area contributed by atoms with Crippen LogP contribution in [0.5, 0.6) is 5.75 Å². The number of hydrogen-bond donors (Lipinski definition) is 1. The summed E-state index contributed by atoms with van der Waals surface area (Å²) >= 11 is 0. The molecule has 0 fully saturated rings. The highest BCUT2D eigenvalue weighted by Crippen LogP contribution is 2.23. The van der Waals surface area contributed by atoms with E-state index in [4.69, 9.17) is 4.74 Å². The Morgan fingerprint density at radius 3 is 2.87 bits per heavy atom. The lowest BCUT2D eigenvalue weighted by atomic mass is 10.1. The standard InChI is InChI=1S/C23H23N5O2/c1-4-30-19-9-5-7-17(13-19)15(2)25-23(29)22-16(3)28(27-26-22)21-10-6-8-18-14-24-12-11-20(18)21/h5-15H,4H2,1-3H3,(H,25,29). The van der Waals surface area contributed by atoms with E-state index >= 15 is 0 Å². The van der Waals surface area contributed by atoms with Gasteiger partial charge in [0.15, 0.2) is 5.69 Å². The molecule has 0 radical (unpaired) electrons. The van der Waals surface area contributed by atoms with Crippen LogP contribution >= 0.6 is 0 Å². The molecule has 0 aliphatic rings. The maximum atomic E-state index is 12.9. The van der Waals surface area contributed by atoms with Crippen molar-refractivity contribution in [3.63, 3.8) is 0 Å². The highest BCUT2D eigenvalue weighted by Gasteiger charge is 2.20. The molecular weight excluding hydrogens is 378 g/mol. The summed E-state index contributed by atoms with van der Waals surface area (Å²) in [5.41, 5.74) is 2.79. The van der Waals surface area contributed by atoms with Crippen LogP contribution in [0.3, 0.4) is 0 Å². The molecule has 1 atom stereocenters. The first-order valence-electron chi connectivity index (χ1n) is 9.87. The van der Waals surface area contributed by atoms with Gasteiger partial charge >= 0.3 is 0 Å². The molecule has 7 nitrogen and oxygen atoms in total. The van der Waals surface area contributed by atoms with E-state index in [-0.39, 0.29) is 11.9 Å². The first kappa shape index (κ1) is 19.6. The zero-order valence-electron chi connectivity index (χ0n) is 17.2. The molecule has 0 bridgehead atoms. The molecule has 2 aromatic heterocycles. The van der Waals surface area contributed by atoms with Gasteiger partial charge < -0.3 is 10.1 Å². The van der Waals surface area contributed by atoms with E-state index in [1.165, 1.54) is 0 Å². The number of amides is 1. The molecule has 0 aliphatic heterocycles. The van der Waals surface area contributed by atoms with Gasteiger partial charge in [-0.15, -0.1) is 5.10 Å². The molecule has 2 aromatic carbocycles. The topological polar surface area (TPSA) is 81.9 Å². The number of hydrogen-bond acceptors (Lipinski definition) is 5. The quantitative estimate of drug-likeness (QED) is 0.528. The number of rotatable bonds is 6. The van der Waals surface area contributed by atoms with Crippen molar-refractivity contribution in [3.8, 4) is 11.4 Å². The van der Waals surface area contributed by atoms with Crippen molar-refractivity contribution in [1.82, 2.24) is 25.3 Å². The zero-order chi connectivity index (χ0) is 21.1. The van der Waals surface area contributed by atoms with Crippen LogP contribution in [0.15, 0.2) is 60.9 Å². The van der Waals surface area contributed by atoms with Crippen LogP contribution < -0.4 is 10.1 Å². The van der Waals surface area contributed by atoms with Gasteiger partial charge in [-0.2, -0.15) is 0 Å². The minimum atomic E-state index is -0.269. The van der Waals surface area contributed by atoms with Gasteiger partial charge in [0.1, 0.15) is 5.75 Å². The van der Waals surface area contributed by atoms with Gasteiger partial charge in [-0.1, -0.05) is 29.5 Å². The van der Waals surface area contributed by atoms with Crippen LogP contribution in [0.25, 0.3) is 16.5 Å². The number of ether oxygens (including phenoxy) is 1. The fourth-order valence-corrected chi connectivity index (χ4v) is 3.45. The summed E-state index contributed by atoms with van der Waals surface area (Å²) in [6, 6.07) is 15.3. The molecule has 30 heavy (non-hydrogen) atoms. The lowest BCUT2D eigenvalue weighted by molar-refractivity contribution is 0.0934. The van der Waals surface area contributed by atoms with E-state index < -0.39 is 0 Å². The van der Waals surface area contributed by atoms with Crippen molar-refractivity contribution < 1.29 is 9.53 Å². The molecule has 0 saturated carbocycles. The number of pyridine rings is 1. The fourth-order valence-electron chi connectivity index (χ4n) is 3.45. The van der Waals surface area contributed by atoms with Gasteiger partial charge in [-0.25, -0.2) is 4.68 Å². The van der Waals surface area contributed by atoms with Crippen LogP contribution in [0, 0.1) is 6.92 Å². The van der Waals surface area contributed by atoms with Gasteiger partial charge in [0.25, 0.3) is 5.91 Å². The second kappa shape index (κ2) is 8.32. The maximum absolute atomic E-state index is 12.9. The number of nitrogens with one attached hydrogen (secondary N) is 1. The summed E-state index contributed by atoms with van der Waals surface area (Å²) in [5, 5.41) is 13.4. The molecule has 1 N–H and O–H groups in total. The van der Waals surface area contributed by atoms with Crippen LogP contribution in [-0.2, 0) is 0 Å². The van der Waals surface area contributed by atoms with Crippen LogP contribution in [0.4, 0.5) is 0 Å². The van der Waals surface area contributed by atoms with Gasteiger partial charge in [0.05, 0.1) is 24.0 Å². The molecule has 7 heteroatoms. The minimum Gasteiger partial charge on any atom is -0.494 e. The molecule has 1 unspecified atom stereocenters. The second-order valence-electron chi connectivity index (χ2n) is 7.01. The summed E-state index contributed by atoms with van der Waals surface area (Å²) in [4.78, 5) is 17.1. The van der Waals surface area contributed by atoms with Crippen molar-refractivity contribution in [3.05, 3.63) is 77.9 Å². The highest BCUT2D eigenvalue weighted by molar-refractivity contribution is 5.94. The smallest absolute Gasteiger partial charge is 0.274 e.